The Morgan fingerprint density at radius 1 is 1.04 bits per heavy atom. The maximum absolute atomic E-state index is 11.8. The first-order valence-electron chi connectivity index (χ1n) is 7.72. The lowest BCUT2D eigenvalue weighted by molar-refractivity contribution is -0.139. The summed E-state index contributed by atoms with van der Waals surface area (Å²) in [6.07, 6.45) is 3.00. The van der Waals surface area contributed by atoms with Gasteiger partial charge in [-0.25, -0.2) is 4.79 Å². The van der Waals surface area contributed by atoms with Gasteiger partial charge in [0.15, 0.2) is 12.4 Å². The van der Waals surface area contributed by atoms with Crippen LogP contribution in [-0.2, 0) is 16.1 Å². The van der Waals surface area contributed by atoms with Gasteiger partial charge >= 0.3 is 5.97 Å². The average molecular weight is 351 g/mol. The molecule has 0 spiro atoms. The van der Waals surface area contributed by atoms with Gasteiger partial charge in [-0.3, -0.25) is 0 Å². The van der Waals surface area contributed by atoms with Crippen LogP contribution in [0.1, 0.15) is 11.4 Å². The van der Waals surface area contributed by atoms with Gasteiger partial charge in [-0.2, -0.15) is 15.0 Å². The van der Waals surface area contributed by atoms with Crippen LogP contribution in [0.3, 0.4) is 0 Å². The summed E-state index contributed by atoms with van der Waals surface area (Å²) in [5.74, 6) is 0.413. The van der Waals surface area contributed by atoms with Crippen LogP contribution >= 0.6 is 0 Å². The van der Waals surface area contributed by atoms with E-state index in [0.29, 0.717) is 0 Å². The summed E-state index contributed by atoms with van der Waals surface area (Å²) < 4.78 is 10.3. The van der Waals surface area contributed by atoms with Crippen molar-refractivity contribution in [2.75, 3.05) is 18.6 Å². The number of nitrogens with zero attached hydrogens (tertiary/aromatic N) is 3. The zero-order chi connectivity index (χ0) is 18.5. The molecule has 0 unspecified atom stereocenters. The van der Waals surface area contributed by atoms with Crippen LogP contribution in [0, 0.1) is 0 Å². The number of fused-ring (bicyclic) bond motifs is 1. The fraction of sp³-hybridized carbons (Fsp3) is 0.111. The highest BCUT2D eigenvalue weighted by atomic mass is 16.5. The van der Waals surface area contributed by atoms with Gasteiger partial charge < -0.3 is 20.9 Å². The molecule has 0 radical (unpaired) electrons. The van der Waals surface area contributed by atoms with E-state index in [0.717, 1.165) is 22.1 Å². The Morgan fingerprint density at radius 2 is 1.73 bits per heavy atom. The third kappa shape index (κ3) is 4.23. The van der Waals surface area contributed by atoms with E-state index in [-0.39, 0.29) is 24.3 Å². The minimum atomic E-state index is -0.530. The number of ether oxygens (including phenoxy) is 2. The van der Waals surface area contributed by atoms with Gasteiger partial charge in [0.25, 0.3) is 0 Å². The molecule has 2 aromatic carbocycles. The number of carbonyl (C=O) groups is 1. The number of esters is 1. The number of hydrogen-bond acceptors (Lipinski definition) is 8. The molecule has 0 aliphatic heterocycles. The van der Waals surface area contributed by atoms with Crippen molar-refractivity contribution in [1.82, 2.24) is 15.0 Å². The Hall–Kier alpha value is -3.68. The maximum atomic E-state index is 11.8. The largest absolute Gasteiger partial charge is 0.497 e. The van der Waals surface area contributed by atoms with Gasteiger partial charge in [0.2, 0.25) is 11.9 Å². The molecule has 0 atom stereocenters. The third-order valence-electron chi connectivity index (χ3n) is 3.54. The first-order chi connectivity index (χ1) is 12.5. The number of rotatable bonds is 5. The van der Waals surface area contributed by atoms with E-state index >= 15 is 0 Å². The number of methoxy groups -OCH3 is 1. The van der Waals surface area contributed by atoms with E-state index in [4.69, 9.17) is 20.9 Å². The molecule has 0 aliphatic carbocycles. The van der Waals surface area contributed by atoms with Gasteiger partial charge in [0, 0.05) is 6.08 Å². The third-order valence-corrected chi connectivity index (χ3v) is 3.54. The molecule has 3 rings (SSSR count). The average Bonchev–Trinajstić information content (AvgIpc) is 2.63. The highest BCUT2D eigenvalue weighted by Gasteiger charge is 2.05. The number of nitrogens with two attached hydrogens (primary N) is 2. The van der Waals surface area contributed by atoms with Crippen LogP contribution in [0.15, 0.2) is 42.5 Å². The molecular formula is C18H17N5O3. The molecule has 4 N–H and O–H groups in total. The van der Waals surface area contributed by atoms with E-state index in [1.807, 2.05) is 36.4 Å². The summed E-state index contributed by atoms with van der Waals surface area (Å²) in [7, 11) is 1.63. The number of aromatic nitrogens is 3. The van der Waals surface area contributed by atoms with Crippen molar-refractivity contribution in [2.24, 2.45) is 0 Å². The van der Waals surface area contributed by atoms with Crippen LogP contribution < -0.4 is 16.2 Å². The Morgan fingerprint density at radius 3 is 2.46 bits per heavy atom. The molecule has 1 aromatic heterocycles. The second kappa shape index (κ2) is 7.47. The first kappa shape index (κ1) is 17.2. The highest BCUT2D eigenvalue weighted by molar-refractivity contribution is 5.90. The summed E-state index contributed by atoms with van der Waals surface area (Å²) >= 11 is 0. The molecule has 26 heavy (non-hydrogen) atoms. The van der Waals surface area contributed by atoms with E-state index in [1.54, 1.807) is 13.2 Å². The van der Waals surface area contributed by atoms with Crippen LogP contribution in [0.2, 0.25) is 0 Å². The van der Waals surface area contributed by atoms with E-state index in [2.05, 4.69) is 15.0 Å². The van der Waals surface area contributed by atoms with Crippen LogP contribution in [-0.4, -0.2) is 28.0 Å². The quantitative estimate of drug-likeness (QED) is 0.527. The van der Waals surface area contributed by atoms with Crippen LogP contribution in [0.4, 0.5) is 11.9 Å². The van der Waals surface area contributed by atoms with Gasteiger partial charge in [-0.1, -0.05) is 18.2 Å². The van der Waals surface area contributed by atoms with Gasteiger partial charge in [-0.05, 0) is 40.6 Å². The zero-order valence-electron chi connectivity index (χ0n) is 14.0. The lowest BCUT2D eigenvalue weighted by atomic mass is 10.1. The zero-order valence-corrected chi connectivity index (χ0v) is 14.0. The first-order valence-corrected chi connectivity index (χ1v) is 7.72. The van der Waals surface area contributed by atoms with Crippen LogP contribution in [0.25, 0.3) is 16.8 Å². The van der Waals surface area contributed by atoms with Gasteiger partial charge in [0.05, 0.1) is 7.11 Å². The van der Waals surface area contributed by atoms with E-state index in [1.165, 1.54) is 6.08 Å². The van der Waals surface area contributed by atoms with Gasteiger partial charge in [0.1, 0.15) is 5.75 Å². The number of benzene rings is 2. The second-order valence-corrected chi connectivity index (χ2v) is 5.38. The Balaban J connectivity index is 1.65. The summed E-state index contributed by atoms with van der Waals surface area (Å²) in [4.78, 5) is 23.2. The molecule has 1 heterocycles. The number of carbonyl (C=O) groups excluding carboxylic acids is 1. The lowest BCUT2D eigenvalue weighted by Gasteiger charge is -2.04. The van der Waals surface area contributed by atoms with E-state index < -0.39 is 5.97 Å². The molecule has 0 bridgehead atoms. The molecule has 8 nitrogen and oxygen atoms in total. The number of nitrogen functional groups attached to an aromatic ring is 2. The number of anilines is 2. The predicted octanol–water partition coefficient (Wildman–Crippen LogP) is 1.95. The van der Waals surface area contributed by atoms with Crippen molar-refractivity contribution in [2.45, 2.75) is 6.61 Å². The minimum Gasteiger partial charge on any atom is -0.497 e. The monoisotopic (exact) mass is 351 g/mol. The maximum Gasteiger partial charge on any atom is 0.331 e. The normalized spacial score (nSPS) is 11.0. The van der Waals surface area contributed by atoms with Crippen molar-refractivity contribution in [3.8, 4) is 5.75 Å². The predicted molar refractivity (Wildman–Crippen MR) is 98.0 cm³/mol. The summed E-state index contributed by atoms with van der Waals surface area (Å²) in [6.45, 7) is -0.141. The molecule has 0 amide bonds. The van der Waals surface area contributed by atoms with Crippen molar-refractivity contribution in [3.63, 3.8) is 0 Å². The fourth-order valence-corrected chi connectivity index (χ4v) is 2.34. The fourth-order valence-electron chi connectivity index (χ4n) is 2.34. The standard InChI is InChI=1S/C18H17N5O3/c1-25-14-6-5-12-8-11(2-4-13(12)9-14)3-7-16(24)26-10-15-21-17(19)23-18(20)22-15/h2-9H,10H2,1H3,(H4,19,20,21,22,23)/b7-3+. The van der Waals surface area contributed by atoms with Crippen molar-refractivity contribution in [3.05, 3.63) is 53.9 Å². The smallest absolute Gasteiger partial charge is 0.331 e. The minimum absolute atomic E-state index is 0.0214. The van der Waals surface area contributed by atoms with Crippen LogP contribution in [0.5, 0.6) is 5.75 Å². The topological polar surface area (TPSA) is 126 Å². The van der Waals surface area contributed by atoms with Gasteiger partial charge in [-0.15, -0.1) is 0 Å². The molecule has 132 valence electrons. The molecule has 0 fully saturated rings. The molecule has 0 saturated carbocycles. The van der Waals surface area contributed by atoms with E-state index in [9.17, 15) is 4.79 Å². The Bertz CT molecular complexity index is 967. The summed E-state index contributed by atoms with van der Waals surface area (Å²) in [5, 5.41) is 2.09. The summed E-state index contributed by atoms with van der Waals surface area (Å²) in [6, 6.07) is 11.6. The summed E-state index contributed by atoms with van der Waals surface area (Å²) in [5.41, 5.74) is 11.8. The second-order valence-electron chi connectivity index (χ2n) is 5.38. The SMILES string of the molecule is COc1ccc2cc(/C=C/C(=O)OCc3nc(N)nc(N)n3)ccc2c1. The molecule has 0 saturated heterocycles. The molecule has 8 heteroatoms. The van der Waals surface area contributed by atoms with Crippen molar-refractivity contribution < 1.29 is 14.3 Å². The molecule has 3 aromatic rings. The van der Waals surface area contributed by atoms with Crippen molar-refractivity contribution in [1.29, 1.82) is 0 Å². The molecule has 0 aliphatic rings. The Kier molecular flexibility index (Phi) is 4.93. The highest BCUT2D eigenvalue weighted by Crippen LogP contribution is 2.22. The lowest BCUT2D eigenvalue weighted by Crippen LogP contribution is -2.09. The molecular weight excluding hydrogens is 334 g/mol. The number of hydrogen-bond donors (Lipinski definition) is 2. The Labute approximate surface area is 149 Å². The van der Waals surface area contributed by atoms with Crippen molar-refractivity contribution >= 4 is 34.7 Å².